The van der Waals surface area contributed by atoms with E-state index in [0.717, 1.165) is 53.7 Å². The maximum absolute atomic E-state index is 12.5. The van der Waals surface area contributed by atoms with E-state index < -0.39 is 0 Å². The second kappa shape index (κ2) is 7.87. The molecule has 0 spiro atoms. The molecule has 146 valence electrons. The summed E-state index contributed by atoms with van der Waals surface area (Å²) >= 11 is 3.54. The Kier molecular flexibility index (Phi) is 5.30. The Balaban J connectivity index is 1.40. The lowest BCUT2D eigenvalue weighted by Gasteiger charge is -2.34. The van der Waals surface area contributed by atoms with Crippen LogP contribution in [0, 0.1) is 5.92 Å². The van der Waals surface area contributed by atoms with E-state index in [4.69, 9.17) is 0 Å². The number of amides is 1. The van der Waals surface area contributed by atoms with Gasteiger partial charge in [-0.05, 0) is 37.0 Å². The number of carbonyl (C=O) groups excluding carboxylic acids is 1. The van der Waals surface area contributed by atoms with Gasteiger partial charge >= 0.3 is 0 Å². The van der Waals surface area contributed by atoms with E-state index in [1.165, 1.54) is 0 Å². The molecule has 2 aromatic heterocycles. The molecular formula is C20H23BrN6O. The predicted octanol–water partition coefficient (Wildman–Crippen LogP) is 3.11. The fraction of sp³-hybridized carbons (Fsp3) is 0.400. The maximum Gasteiger partial charge on any atom is 0.256 e. The second-order valence-electron chi connectivity index (χ2n) is 7.38. The van der Waals surface area contributed by atoms with Crippen LogP contribution >= 0.6 is 15.9 Å². The van der Waals surface area contributed by atoms with Gasteiger partial charge in [-0.3, -0.25) is 9.48 Å². The Morgan fingerprint density at radius 2 is 2.07 bits per heavy atom. The minimum absolute atomic E-state index is 0.0298. The number of benzene rings is 1. The Labute approximate surface area is 172 Å². The lowest BCUT2D eigenvalue weighted by molar-refractivity contribution is 0.0765. The quantitative estimate of drug-likeness (QED) is 0.620. The van der Waals surface area contributed by atoms with Gasteiger partial charge in [-0.2, -0.15) is 5.10 Å². The first-order valence-electron chi connectivity index (χ1n) is 9.40. The smallest absolute Gasteiger partial charge is 0.256 e. The molecule has 8 heteroatoms. The fourth-order valence-electron chi connectivity index (χ4n) is 3.82. The van der Waals surface area contributed by atoms with Crippen molar-refractivity contribution in [2.45, 2.75) is 12.8 Å². The normalized spacial score (nSPS) is 15.2. The molecule has 3 aromatic rings. The summed E-state index contributed by atoms with van der Waals surface area (Å²) in [6.45, 7) is 2.62. The van der Waals surface area contributed by atoms with Crippen LogP contribution < -0.4 is 4.90 Å². The number of hydrogen-bond donors (Lipinski definition) is 0. The van der Waals surface area contributed by atoms with Gasteiger partial charge in [0.1, 0.15) is 12.1 Å². The number of rotatable bonds is 4. The van der Waals surface area contributed by atoms with Crippen LogP contribution in [0.1, 0.15) is 23.2 Å². The third-order valence-corrected chi connectivity index (χ3v) is 5.81. The van der Waals surface area contributed by atoms with Crippen molar-refractivity contribution in [3.8, 4) is 0 Å². The van der Waals surface area contributed by atoms with E-state index in [1.807, 2.05) is 31.1 Å². The minimum Gasteiger partial charge on any atom is -0.356 e. The second-order valence-corrected chi connectivity index (χ2v) is 8.29. The third kappa shape index (κ3) is 3.87. The average molecular weight is 443 g/mol. The number of halogens is 1. The standard InChI is InChI=1S/C20H23BrN6O/c1-25(20(28)15-10-24-26(2)12-15)11-14-5-7-27(8-6-14)19-17-9-16(21)3-4-18(17)22-13-23-19/h3-4,9-10,12-14H,5-8,11H2,1-2H3. The van der Waals surface area contributed by atoms with E-state index in [9.17, 15) is 4.79 Å². The zero-order valence-electron chi connectivity index (χ0n) is 16.0. The number of aromatic nitrogens is 4. The first-order chi connectivity index (χ1) is 13.5. The van der Waals surface area contributed by atoms with Gasteiger partial charge in [-0.25, -0.2) is 9.97 Å². The van der Waals surface area contributed by atoms with Gasteiger partial charge in [0.05, 0.1) is 17.3 Å². The summed E-state index contributed by atoms with van der Waals surface area (Å²) in [5, 5.41) is 5.16. The number of anilines is 1. The molecule has 0 aliphatic carbocycles. The molecule has 1 saturated heterocycles. The molecule has 1 aromatic carbocycles. The van der Waals surface area contributed by atoms with Crippen molar-refractivity contribution in [1.82, 2.24) is 24.6 Å². The number of fused-ring (bicyclic) bond motifs is 1. The summed E-state index contributed by atoms with van der Waals surface area (Å²) in [5.74, 6) is 1.51. The zero-order valence-corrected chi connectivity index (χ0v) is 17.6. The van der Waals surface area contributed by atoms with Crippen LogP contribution in [0.2, 0.25) is 0 Å². The van der Waals surface area contributed by atoms with Crippen molar-refractivity contribution in [3.63, 3.8) is 0 Å². The van der Waals surface area contributed by atoms with Gasteiger partial charge in [0.15, 0.2) is 0 Å². The molecule has 0 atom stereocenters. The lowest BCUT2D eigenvalue weighted by atomic mass is 9.96. The van der Waals surface area contributed by atoms with Crippen molar-refractivity contribution in [1.29, 1.82) is 0 Å². The molecule has 4 rings (SSSR count). The van der Waals surface area contributed by atoms with Crippen LogP contribution in [0.4, 0.5) is 5.82 Å². The number of hydrogen-bond acceptors (Lipinski definition) is 5. The summed E-state index contributed by atoms with van der Waals surface area (Å²) in [5.41, 5.74) is 1.59. The van der Waals surface area contributed by atoms with Gasteiger partial charge in [0.25, 0.3) is 5.91 Å². The van der Waals surface area contributed by atoms with Crippen LogP contribution in [0.3, 0.4) is 0 Å². The number of aryl methyl sites for hydroxylation is 1. The van der Waals surface area contributed by atoms with E-state index >= 15 is 0 Å². The highest BCUT2D eigenvalue weighted by Crippen LogP contribution is 2.29. The molecule has 0 bridgehead atoms. The van der Waals surface area contributed by atoms with E-state index in [2.05, 4.69) is 42.0 Å². The Morgan fingerprint density at radius 1 is 1.29 bits per heavy atom. The SMILES string of the molecule is CN(CC1CCN(c2ncnc3ccc(Br)cc23)CC1)C(=O)c1cnn(C)c1. The Bertz CT molecular complexity index is 995. The van der Waals surface area contributed by atoms with Gasteiger partial charge in [0, 0.05) is 49.8 Å². The zero-order chi connectivity index (χ0) is 19.7. The number of piperidine rings is 1. The summed E-state index contributed by atoms with van der Waals surface area (Å²) in [7, 11) is 3.69. The lowest BCUT2D eigenvalue weighted by Crippen LogP contribution is -2.39. The largest absolute Gasteiger partial charge is 0.356 e. The molecular weight excluding hydrogens is 420 g/mol. The molecule has 1 fully saturated rings. The first-order valence-corrected chi connectivity index (χ1v) is 10.2. The minimum atomic E-state index is 0.0298. The molecule has 1 aliphatic rings. The monoisotopic (exact) mass is 442 g/mol. The highest BCUT2D eigenvalue weighted by Gasteiger charge is 2.24. The van der Waals surface area contributed by atoms with Crippen LogP contribution in [-0.2, 0) is 7.05 Å². The number of carbonyl (C=O) groups is 1. The number of nitrogens with zero attached hydrogens (tertiary/aromatic N) is 6. The summed E-state index contributed by atoms with van der Waals surface area (Å²) in [4.78, 5) is 25.6. The molecule has 1 aliphatic heterocycles. The fourth-order valence-corrected chi connectivity index (χ4v) is 4.18. The van der Waals surface area contributed by atoms with E-state index in [0.29, 0.717) is 11.5 Å². The van der Waals surface area contributed by atoms with Crippen molar-refractivity contribution < 1.29 is 4.79 Å². The molecule has 1 amide bonds. The molecule has 0 saturated carbocycles. The topological polar surface area (TPSA) is 67.2 Å². The highest BCUT2D eigenvalue weighted by molar-refractivity contribution is 9.10. The van der Waals surface area contributed by atoms with Gasteiger partial charge in [-0.15, -0.1) is 0 Å². The molecule has 28 heavy (non-hydrogen) atoms. The summed E-state index contributed by atoms with van der Waals surface area (Å²) in [6, 6.07) is 6.09. The predicted molar refractivity (Wildman–Crippen MR) is 112 cm³/mol. The van der Waals surface area contributed by atoms with Crippen LogP contribution in [0.25, 0.3) is 10.9 Å². The van der Waals surface area contributed by atoms with Crippen molar-refractivity contribution >= 4 is 38.6 Å². The van der Waals surface area contributed by atoms with Crippen LogP contribution in [-0.4, -0.2) is 57.2 Å². The van der Waals surface area contributed by atoms with E-state index in [-0.39, 0.29) is 5.91 Å². The third-order valence-electron chi connectivity index (χ3n) is 5.32. The Morgan fingerprint density at radius 3 is 2.79 bits per heavy atom. The molecule has 7 nitrogen and oxygen atoms in total. The average Bonchev–Trinajstić information content (AvgIpc) is 3.14. The van der Waals surface area contributed by atoms with Gasteiger partial charge in [-0.1, -0.05) is 15.9 Å². The van der Waals surface area contributed by atoms with E-state index in [1.54, 1.807) is 23.4 Å². The van der Waals surface area contributed by atoms with Gasteiger partial charge in [0.2, 0.25) is 0 Å². The first kappa shape index (κ1) is 18.9. The molecule has 3 heterocycles. The van der Waals surface area contributed by atoms with Crippen molar-refractivity contribution in [2.75, 3.05) is 31.6 Å². The summed E-state index contributed by atoms with van der Waals surface area (Å²) < 4.78 is 2.69. The molecule has 0 radical (unpaired) electrons. The Hall–Kier alpha value is -2.48. The van der Waals surface area contributed by atoms with Crippen molar-refractivity contribution in [2.24, 2.45) is 13.0 Å². The van der Waals surface area contributed by atoms with Gasteiger partial charge < -0.3 is 9.80 Å². The highest BCUT2D eigenvalue weighted by atomic mass is 79.9. The van der Waals surface area contributed by atoms with Crippen LogP contribution in [0.15, 0.2) is 41.4 Å². The van der Waals surface area contributed by atoms with Crippen molar-refractivity contribution in [3.05, 3.63) is 47.0 Å². The molecule has 0 N–H and O–H groups in total. The summed E-state index contributed by atoms with van der Waals surface area (Å²) in [6.07, 6.45) is 7.09. The maximum atomic E-state index is 12.5. The van der Waals surface area contributed by atoms with Crippen LogP contribution in [0.5, 0.6) is 0 Å². The molecule has 0 unspecified atom stereocenters.